The van der Waals surface area contributed by atoms with E-state index in [1.54, 1.807) is 4.57 Å². The van der Waals surface area contributed by atoms with Gasteiger partial charge in [0.2, 0.25) is 11.7 Å². The van der Waals surface area contributed by atoms with Crippen LogP contribution in [0.5, 0.6) is 0 Å². The predicted octanol–water partition coefficient (Wildman–Crippen LogP) is 4.66. The molecular formula is C26H35N5O2S. The molecule has 2 aromatic heterocycles. The standard InChI is InChI=1S/C26H35N5O2S/c1-4-5-8-13-30-24(33)20-9-6-7-10-22(20)31-25(30)28-29-26(31)34-17(3)23(32)27-16(2)21-15-18-11-12-19(21)14-18/h6-7,9-10,16-19,21H,4-5,8,11-15H2,1-3H3,(H,27,32). The van der Waals surface area contributed by atoms with Gasteiger partial charge in [-0.1, -0.05) is 50.1 Å². The highest BCUT2D eigenvalue weighted by atomic mass is 32.2. The van der Waals surface area contributed by atoms with Gasteiger partial charge in [0.1, 0.15) is 0 Å². The number of amides is 1. The minimum absolute atomic E-state index is 0.0337. The van der Waals surface area contributed by atoms with Crippen molar-refractivity contribution in [3.05, 3.63) is 34.6 Å². The van der Waals surface area contributed by atoms with Crippen LogP contribution in [0.2, 0.25) is 0 Å². The van der Waals surface area contributed by atoms with E-state index in [0.717, 1.165) is 36.6 Å². The molecule has 0 aliphatic heterocycles. The second-order valence-electron chi connectivity index (χ2n) is 10.2. The molecule has 5 unspecified atom stereocenters. The van der Waals surface area contributed by atoms with Crippen LogP contribution in [0.25, 0.3) is 16.7 Å². The molecule has 7 nitrogen and oxygen atoms in total. The van der Waals surface area contributed by atoms with Crippen LogP contribution in [0.3, 0.4) is 0 Å². The van der Waals surface area contributed by atoms with Crippen molar-refractivity contribution in [3.63, 3.8) is 0 Å². The third kappa shape index (κ3) is 4.25. The minimum Gasteiger partial charge on any atom is -0.352 e. The molecule has 2 aliphatic rings. The Morgan fingerprint density at radius 3 is 2.74 bits per heavy atom. The number of aryl methyl sites for hydroxylation is 1. The molecule has 34 heavy (non-hydrogen) atoms. The monoisotopic (exact) mass is 481 g/mol. The Morgan fingerprint density at radius 2 is 2.00 bits per heavy atom. The van der Waals surface area contributed by atoms with E-state index < -0.39 is 0 Å². The summed E-state index contributed by atoms with van der Waals surface area (Å²) >= 11 is 1.41. The van der Waals surface area contributed by atoms with Gasteiger partial charge in [-0.15, -0.1) is 10.2 Å². The van der Waals surface area contributed by atoms with Gasteiger partial charge in [-0.2, -0.15) is 0 Å². The van der Waals surface area contributed by atoms with Crippen molar-refractivity contribution in [2.24, 2.45) is 17.8 Å². The first kappa shape index (κ1) is 23.4. The summed E-state index contributed by atoms with van der Waals surface area (Å²) in [6.07, 6.45) is 8.33. The normalized spacial score (nSPS) is 23.6. The number of carbonyl (C=O) groups is 1. The number of fused-ring (bicyclic) bond motifs is 5. The molecule has 8 heteroatoms. The Labute approximate surface area is 204 Å². The molecule has 0 radical (unpaired) electrons. The number of para-hydroxylation sites is 1. The van der Waals surface area contributed by atoms with Gasteiger partial charge in [0.25, 0.3) is 5.56 Å². The summed E-state index contributed by atoms with van der Waals surface area (Å²) in [6, 6.07) is 7.79. The van der Waals surface area contributed by atoms with Crippen LogP contribution in [0.15, 0.2) is 34.2 Å². The summed E-state index contributed by atoms with van der Waals surface area (Å²) in [7, 11) is 0. The number of nitrogens with one attached hydrogen (secondary N) is 1. The molecule has 5 atom stereocenters. The molecule has 5 rings (SSSR count). The van der Waals surface area contributed by atoms with E-state index in [0.29, 0.717) is 28.8 Å². The number of hydrogen-bond donors (Lipinski definition) is 1. The largest absolute Gasteiger partial charge is 0.352 e. The van der Waals surface area contributed by atoms with Crippen molar-refractivity contribution < 1.29 is 4.79 Å². The maximum absolute atomic E-state index is 13.2. The number of aromatic nitrogens is 4. The van der Waals surface area contributed by atoms with Crippen molar-refractivity contribution in [2.75, 3.05) is 0 Å². The zero-order chi connectivity index (χ0) is 23.8. The Morgan fingerprint density at radius 1 is 1.18 bits per heavy atom. The van der Waals surface area contributed by atoms with E-state index in [1.807, 2.05) is 35.6 Å². The van der Waals surface area contributed by atoms with Crippen LogP contribution < -0.4 is 10.9 Å². The van der Waals surface area contributed by atoms with E-state index in [2.05, 4.69) is 29.4 Å². The van der Waals surface area contributed by atoms with Gasteiger partial charge in [-0.25, -0.2) is 0 Å². The summed E-state index contributed by atoms with van der Waals surface area (Å²) in [5.41, 5.74) is 0.748. The van der Waals surface area contributed by atoms with Crippen LogP contribution >= 0.6 is 11.8 Å². The maximum Gasteiger partial charge on any atom is 0.262 e. The first-order valence-corrected chi connectivity index (χ1v) is 13.7. The SMILES string of the molecule is CCCCCn1c(=O)c2ccccc2n2c(SC(C)C(=O)NC(C)C3CC4CCC3C4)nnc12. The second-order valence-corrected chi connectivity index (χ2v) is 11.5. The van der Waals surface area contributed by atoms with Crippen molar-refractivity contribution in [3.8, 4) is 0 Å². The first-order chi connectivity index (χ1) is 16.5. The summed E-state index contributed by atoms with van der Waals surface area (Å²) in [5.74, 6) is 2.84. The van der Waals surface area contributed by atoms with E-state index in [9.17, 15) is 9.59 Å². The smallest absolute Gasteiger partial charge is 0.262 e. The lowest BCUT2D eigenvalue weighted by molar-refractivity contribution is -0.121. The minimum atomic E-state index is -0.312. The molecule has 0 spiro atoms. The molecule has 1 aromatic carbocycles. The molecular weight excluding hydrogens is 446 g/mol. The number of nitrogens with zero attached hydrogens (tertiary/aromatic N) is 4. The lowest BCUT2D eigenvalue weighted by Crippen LogP contribution is -2.43. The van der Waals surface area contributed by atoms with Crippen molar-refractivity contribution in [1.29, 1.82) is 0 Å². The molecule has 2 saturated carbocycles. The van der Waals surface area contributed by atoms with Gasteiger partial charge in [-0.05, 0) is 69.4 Å². The lowest BCUT2D eigenvalue weighted by atomic mass is 9.84. The highest BCUT2D eigenvalue weighted by Crippen LogP contribution is 2.49. The number of thioether (sulfide) groups is 1. The Bertz CT molecular complexity index is 1250. The van der Waals surface area contributed by atoms with Gasteiger partial charge in [0, 0.05) is 12.6 Å². The molecule has 1 amide bonds. The van der Waals surface area contributed by atoms with Gasteiger partial charge >= 0.3 is 0 Å². The summed E-state index contributed by atoms with van der Waals surface area (Å²) in [5, 5.41) is 13.1. The number of rotatable bonds is 9. The molecule has 182 valence electrons. The number of unbranched alkanes of at least 4 members (excludes halogenated alkanes) is 2. The molecule has 3 aromatic rings. The average molecular weight is 482 g/mol. The van der Waals surface area contributed by atoms with Gasteiger partial charge < -0.3 is 5.32 Å². The van der Waals surface area contributed by atoms with Gasteiger partial charge in [0.05, 0.1) is 16.2 Å². The number of carbonyl (C=O) groups excluding carboxylic acids is 1. The Balaban J connectivity index is 1.39. The van der Waals surface area contributed by atoms with Crippen LogP contribution in [-0.4, -0.2) is 36.4 Å². The molecule has 1 N–H and O–H groups in total. The maximum atomic E-state index is 13.2. The van der Waals surface area contributed by atoms with E-state index >= 15 is 0 Å². The topological polar surface area (TPSA) is 81.3 Å². The summed E-state index contributed by atoms with van der Waals surface area (Å²) in [4.78, 5) is 26.3. The van der Waals surface area contributed by atoms with E-state index in [-0.39, 0.29) is 22.8 Å². The first-order valence-electron chi connectivity index (χ1n) is 12.8. The zero-order valence-electron chi connectivity index (χ0n) is 20.4. The fraction of sp³-hybridized carbons (Fsp3) is 0.615. The third-order valence-corrected chi connectivity index (χ3v) is 8.96. The molecule has 0 saturated heterocycles. The highest BCUT2D eigenvalue weighted by Gasteiger charge is 2.42. The Hall–Kier alpha value is -2.35. The van der Waals surface area contributed by atoms with Crippen molar-refractivity contribution >= 4 is 34.3 Å². The summed E-state index contributed by atoms with van der Waals surface area (Å²) in [6.45, 7) is 6.85. The van der Waals surface area contributed by atoms with Crippen LogP contribution in [0.1, 0.15) is 65.7 Å². The summed E-state index contributed by atoms with van der Waals surface area (Å²) < 4.78 is 3.67. The lowest BCUT2D eigenvalue weighted by Gasteiger charge is -2.29. The van der Waals surface area contributed by atoms with Crippen LogP contribution in [0, 0.1) is 17.8 Å². The fourth-order valence-corrected chi connectivity index (χ4v) is 6.96. The van der Waals surface area contributed by atoms with E-state index in [4.69, 9.17) is 0 Å². The van der Waals surface area contributed by atoms with Crippen molar-refractivity contribution in [1.82, 2.24) is 24.5 Å². The number of hydrogen-bond acceptors (Lipinski definition) is 5. The number of benzene rings is 1. The predicted molar refractivity (Wildman–Crippen MR) is 136 cm³/mol. The average Bonchev–Trinajstić information content (AvgIpc) is 3.57. The molecule has 2 aliphatic carbocycles. The van der Waals surface area contributed by atoms with Crippen molar-refractivity contribution in [2.45, 2.75) is 88.7 Å². The highest BCUT2D eigenvalue weighted by molar-refractivity contribution is 8.00. The van der Waals surface area contributed by atoms with Gasteiger partial charge in [-0.3, -0.25) is 18.6 Å². The van der Waals surface area contributed by atoms with Crippen LogP contribution in [-0.2, 0) is 11.3 Å². The quantitative estimate of drug-likeness (QED) is 0.355. The molecule has 2 heterocycles. The third-order valence-electron chi connectivity index (χ3n) is 7.92. The molecule has 2 fully saturated rings. The van der Waals surface area contributed by atoms with Gasteiger partial charge in [0.15, 0.2) is 5.16 Å². The fourth-order valence-electron chi connectivity index (χ4n) is 6.10. The Kier molecular flexibility index (Phi) is 6.69. The van der Waals surface area contributed by atoms with Crippen LogP contribution in [0.4, 0.5) is 0 Å². The zero-order valence-corrected chi connectivity index (χ0v) is 21.2. The van der Waals surface area contributed by atoms with E-state index in [1.165, 1.54) is 37.4 Å². The molecule has 2 bridgehead atoms. The second kappa shape index (κ2) is 9.72.